The lowest BCUT2D eigenvalue weighted by Crippen LogP contribution is -2.42. The Hall–Kier alpha value is -2.90. The van der Waals surface area contributed by atoms with Gasteiger partial charge in [-0.05, 0) is 48.2 Å². The van der Waals surface area contributed by atoms with Gasteiger partial charge in [-0.25, -0.2) is 4.39 Å². The Morgan fingerprint density at radius 2 is 1.87 bits per heavy atom. The normalized spacial score (nSPS) is 18.8. The fraction of sp³-hybridized carbons (Fsp3) is 0.391. The van der Waals surface area contributed by atoms with E-state index < -0.39 is 17.8 Å². The van der Waals surface area contributed by atoms with Crippen molar-refractivity contribution in [3.63, 3.8) is 0 Å². The maximum absolute atomic E-state index is 13.1. The van der Waals surface area contributed by atoms with Gasteiger partial charge in [0, 0.05) is 18.9 Å². The van der Waals surface area contributed by atoms with Gasteiger partial charge in [0.05, 0.1) is 17.8 Å². The van der Waals surface area contributed by atoms with E-state index in [1.54, 1.807) is 23.1 Å². The summed E-state index contributed by atoms with van der Waals surface area (Å²) in [6.07, 6.45) is -1.85. The number of amides is 1. The number of hydrogen-bond donors (Lipinski definition) is 0. The van der Waals surface area contributed by atoms with Gasteiger partial charge in [0.1, 0.15) is 5.82 Å². The number of benzene rings is 2. The van der Waals surface area contributed by atoms with Crippen LogP contribution in [0.2, 0.25) is 0 Å². The van der Waals surface area contributed by atoms with E-state index in [9.17, 15) is 22.4 Å². The smallest absolute Gasteiger partial charge is 0.390 e. The van der Waals surface area contributed by atoms with E-state index in [1.807, 2.05) is 0 Å². The predicted octanol–water partition coefficient (Wildman–Crippen LogP) is 5.17. The molecule has 164 valence electrons. The topological polar surface area (TPSA) is 41.9 Å². The van der Waals surface area contributed by atoms with Crippen molar-refractivity contribution in [1.29, 1.82) is 0 Å². The Morgan fingerprint density at radius 1 is 1.13 bits per heavy atom. The number of hydrogen-bond acceptors (Lipinski definition) is 3. The highest BCUT2D eigenvalue weighted by molar-refractivity contribution is 6.01. The van der Waals surface area contributed by atoms with Crippen molar-refractivity contribution < 1.29 is 27.2 Å². The fourth-order valence-corrected chi connectivity index (χ4v) is 3.80. The first-order chi connectivity index (χ1) is 14.8. The Bertz CT molecular complexity index is 968. The summed E-state index contributed by atoms with van der Waals surface area (Å²) in [6, 6.07) is 10.9. The van der Waals surface area contributed by atoms with Gasteiger partial charge in [-0.3, -0.25) is 4.79 Å². The molecule has 31 heavy (non-hydrogen) atoms. The Balaban J connectivity index is 1.46. The fourth-order valence-electron chi connectivity index (χ4n) is 3.80. The highest BCUT2D eigenvalue weighted by atomic mass is 19.4. The van der Waals surface area contributed by atoms with Crippen LogP contribution in [0, 0.1) is 11.7 Å². The Morgan fingerprint density at radius 3 is 2.52 bits per heavy atom. The highest BCUT2D eigenvalue weighted by Crippen LogP contribution is 2.32. The summed E-state index contributed by atoms with van der Waals surface area (Å²) in [6.45, 7) is 0.296. The average Bonchev–Trinajstić information content (AvgIpc) is 3.15. The molecular weight excluding hydrogens is 412 g/mol. The molecule has 0 N–H and O–H groups in total. The monoisotopic (exact) mass is 434 g/mol. The highest BCUT2D eigenvalue weighted by Gasteiger charge is 2.34. The summed E-state index contributed by atoms with van der Waals surface area (Å²) in [7, 11) is 0. The van der Waals surface area contributed by atoms with Crippen molar-refractivity contribution in [2.24, 2.45) is 11.1 Å². The quantitative estimate of drug-likeness (QED) is 0.589. The Kier molecular flexibility index (Phi) is 5.98. The molecule has 2 aliphatic rings. The maximum atomic E-state index is 13.1. The van der Waals surface area contributed by atoms with Gasteiger partial charge in [0.2, 0.25) is 5.91 Å². The third-order valence-electron chi connectivity index (χ3n) is 5.73. The van der Waals surface area contributed by atoms with Crippen molar-refractivity contribution in [3.05, 3.63) is 71.0 Å². The van der Waals surface area contributed by atoms with Crippen molar-refractivity contribution in [3.8, 4) is 0 Å². The number of rotatable bonds is 6. The minimum atomic E-state index is -4.44. The zero-order valence-corrected chi connectivity index (χ0v) is 16.7. The van der Waals surface area contributed by atoms with E-state index in [4.69, 9.17) is 4.84 Å². The van der Waals surface area contributed by atoms with E-state index in [-0.39, 0.29) is 30.7 Å². The summed E-state index contributed by atoms with van der Waals surface area (Å²) in [5.41, 5.74) is 1.07. The van der Waals surface area contributed by atoms with Gasteiger partial charge in [-0.2, -0.15) is 13.2 Å². The van der Waals surface area contributed by atoms with E-state index in [0.29, 0.717) is 17.7 Å². The van der Waals surface area contributed by atoms with Gasteiger partial charge in [0.15, 0.2) is 6.10 Å². The summed E-state index contributed by atoms with van der Waals surface area (Å²) >= 11 is 0. The van der Waals surface area contributed by atoms with E-state index in [0.717, 1.165) is 37.0 Å². The second-order valence-corrected chi connectivity index (χ2v) is 8.02. The molecule has 2 aromatic carbocycles. The van der Waals surface area contributed by atoms with Gasteiger partial charge in [-0.1, -0.05) is 35.8 Å². The van der Waals surface area contributed by atoms with Crippen molar-refractivity contribution in [2.45, 2.75) is 44.5 Å². The molecule has 1 amide bonds. The molecule has 0 aromatic heterocycles. The lowest BCUT2D eigenvalue weighted by atomic mass is 9.84. The van der Waals surface area contributed by atoms with E-state index in [1.165, 1.54) is 18.2 Å². The molecule has 1 atom stereocenters. The SMILES string of the molecule is O=C(C1CCC1)N(Cc1cccc(C(F)(F)F)c1)CC1CC(c2ccc(F)cc2)=NO1. The first-order valence-electron chi connectivity index (χ1n) is 10.2. The number of oxime groups is 1. The molecule has 0 radical (unpaired) electrons. The van der Waals surface area contributed by atoms with Gasteiger partial charge >= 0.3 is 6.18 Å². The molecule has 1 aliphatic carbocycles. The van der Waals surface area contributed by atoms with Crippen LogP contribution in [0.3, 0.4) is 0 Å². The van der Waals surface area contributed by atoms with Crippen LogP contribution in [0.25, 0.3) is 0 Å². The molecular formula is C23H22F4N2O2. The molecule has 1 aliphatic heterocycles. The minimum absolute atomic E-state index is 0.0671. The van der Waals surface area contributed by atoms with Crippen LogP contribution in [-0.4, -0.2) is 29.2 Å². The molecule has 1 saturated carbocycles. The standard InChI is InChI=1S/C23H22F4N2O2/c24-19-9-7-16(8-10-19)21-12-20(31-28-21)14-29(22(30)17-4-2-5-17)13-15-3-1-6-18(11-15)23(25,26)27/h1,3,6-11,17,20H,2,4-5,12-14H2. The molecule has 1 heterocycles. The first-order valence-corrected chi connectivity index (χ1v) is 10.2. The second kappa shape index (κ2) is 8.69. The molecule has 1 unspecified atom stereocenters. The van der Waals surface area contributed by atoms with Crippen LogP contribution in [0.15, 0.2) is 53.7 Å². The van der Waals surface area contributed by atoms with Crippen molar-refractivity contribution in [1.82, 2.24) is 4.90 Å². The number of halogens is 4. The zero-order chi connectivity index (χ0) is 22.0. The Labute approximate surface area is 177 Å². The number of carbonyl (C=O) groups is 1. The van der Waals surface area contributed by atoms with Crippen molar-refractivity contribution in [2.75, 3.05) is 6.54 Å². The number of nitrogens with zero attached hydrogens (tertiary/aromatic N) is 2. The van der Waals surface area contributed by atoms with Crippen LogP contribution in [0.4, 0.5) is 17.6 Å². The molecule has 0 spiro atoms. The molecule has 8 heteroatoms. The second-order valence-electron chi connectivity index (χ2n) is 8.02. The van der Waals surface area contributed by atoms with E-state index in [2.05, 4.69) is 5.16 Å². The summed E-state index contributed by atoms with van der Waals surface area (Å²) in [4.78, 5) is 20.0. The minimum Gasteiger partial charge on any atom is -0.390 e. The lowest BCUT2D eigenvalue weighted by Gasteiger charge is -2.32. The van der Waals surface area contributed by atoms with Crippen LogP contribution >= 0.6 is 0 Å². The largest absolute Gasteiger partial charge is 0.416 e. The van der Waals surface area contributed by atoms with Crippen LogP contribution in [-0.2, 0) is 22.4 Å². The van der Waals surface area contributed by atoms with Crippen LogP contribution in [0.1, 0.15) is 42.4 Å². The van der Waals surface area contributed by atoms with E-state index >= 15 is 0 Å². The van der Waals surface area contributed by atoms with Gasteiger partial charge in [-0.15, -0.1) is 0 Å². The molecule has 4 nitrogen and oxygen atoms in total. The number of carbonyl (C=O) groups excluding carboxylic acids is 1. The van der Waals surface area contributed by atoms with Gasteiger partial charge in [0.25, 0.3) is 0 Å². The summed E-state index contributed by atoms with van der Waals surface area (Å²) in [5, 5.41) is 4.07. The molecule has 0 bridgehead atoms. The molecule has 0 saturated heterocycles. The molecule has 1 fully saturated rings. The summed E-state index contributed by atoms with van der Waals surface area (Å²) in [5.74, 6) is -0.509. The first kappa shape index (κ1) is 21.3. The molecule has 2 aromatic rings. The van der Waals surface area contributed by atoms with Gasteiger partial charge < -0.3 is 9.74 Å². The third-order valence-corrected chi connectivity index (χ3v) is 5.73. The predicted molar refractivity (Wildman–Crippen MR) is 107 cm³/mol. The average molecular weight is 434 g/mol. The van der Waals surface area contributed by atoms with Crippen LogP contribution < -0.4 is 0 Å². The molecule has 4 rings (SSSR count). The zero-order valence-electron chi connectivity index (χ0n) is 16.7. The third kappa shape index (κ3) is 5.06. The summed E-state index contributed by atoms with van der Waals surface area (Å²) < 4.78 is 52.4. The maximum Gasteiger partial charge on any atom is 0.416 e. The number of alkyl halides is 3. The van der Waals surface area contributed by atoms with Crippen molar-refractivity contribution >= 4 is 11.6 Å². The van der Waals surface area contributed by atoms with Crippen LogP contribution in [0.5, 0.6) is 0 Å². The lowest BCUT2D eigenvalue weighted by molar-refractivity contribution is -0.140.